The maximum absolute atomic E-state index is 13.4. The third kappa shape index (κ3) is 7.84. The monoisotopic (exact) mass is 610 g/mol. The van der Waals surface area contributed by atoms with Gasteiger partial charge in [0.2, 0.25) is 0 Å². The fourth-order valence-electron chi connectivity index (χ4n) is 4.25. The van der Waals surface area contributed by atoms with Crippen LogP contribution in [0, 0.1) is 5.82 Å². The van der Waals surface area contributed by atoms with E-state index in [9.17, 15) is 18.8 Å². The number of benzene rings is 3. The highest BCUT2D eigenvalue weighted by Gasteiger charge is 2.36. The molecule has 4 amide bonds. The topological polar surface area (TPSA) is 103 Å². The first-order chi connectivity index (χ1) is 20.7. The molecule has 1 heterocycles. The molecule has 226 valence electrons. The number of nitrogens with one attached hydrogen (secondary N) is 1. The van der Waals surface area contributed by atoms with Gasteiger partial charge in [-0.2, -0.15) is 0 Å². The lowest BCUT2D eigenvalue weighted by atomic mass is 10.1. The molecule has 3 aromatic rings. The molecular formula is C32H32ClFN2O7. The lowest BCUT2D eigenvalue weighted by Crippen LogP contribution is -2.53. The summed E-state index contributed by atoms with van der Waals surface area (Å²) < 4.78 is 36.3. The third-order valence-corrected chi connectivity index (χ3v) is 6.52. The van der Waals surface area contributed by atoms with Gasteiger partial charge in [0.15, 0.2) is 23.0 Å². The number of urea groups is 1. The van der Waals surface area contributed by atoms with Crippen molar-refractivity contribution in [1.29, 1.82) is 0 Å². The standard InChI is InChI=1S/C32H32ClFN2O7/c1-4-13-42-26-12-9-21(16-27(26)40-5-2)18-36-31(38)24(30(37)35-32(36)39)14-22-15-25(33)29(28(17-22)41-6-3)43-19-20-7-10-23(34)11-8-20/h7-12,14-17H,4-6,13,18-19H2,1-3H3,(H,35,37,39)/b24-14+. The number of rotatable bonds is 13. The largest absolute Gasteiger partial charge is 0.490 e. The van der Waals surface area contributed by atoms with Crippen molar-refractivity contribution < 1.29 is 37.7 Å². The van der Waals surface area contributed by atoms with Gasteiger partial charge in [-0.3, -0.25) is 19.8 Å². The minimum atomic E-state index is -0.839. The van der Waals surface area contributed by atoms with Crippen LogP contribution in [0.25, 0.3) is 6.08 Å². The van der Waals surface area contributed by atoms with Gasteiger partial charge >= 0.3 is 6.03 Å². The molecule has 0 unspecified atom stereocenters. The molecule has 0 aliphatic carbocycles. The first-order valence-corrected chi connectivity index (χ1v) is 14.2. The molecule has 1 saturated heterocycles. The van der Waals surface area contributed by atoms with Crippen molar-refractivity contribution in [3.05, 3.63) is 87.7 Å². The van der Waals surface area contributed by atoms with Crippen molar-refractivity contribution in [3.8, 4) is 23.0 Å². The lowest BCUT2D eigenvalue weighted by Gasteiger charge is -2.26. The number of imide groups is 2. The highest BCUT2D eigenvalue weighted by Crippen LogP contribution is 2.38. The number of hydrogen-bond acceptors (Lipinski definition) is 7. The fourth-order valence-corrected chi connectivity index (χ4v) is 4.52. The van der Waals surface area contributed by atoms with Crippen LogP contribution < -0.4 is 24.3 Å². The van der Waals surface area contributed by atoms with Crippen molar-refractivity contribution in [2.24, 2.45) is 0 Å². The van der Waals surface area contributed by atoms with E-state index in [1.54, 1.807) is 43.3 Å². The Labute approximate surface area is 254 Å². The highest BCUT2D eigenvalue weighted by atomic mass is 35.5. The zero-order valence-corrected chi connectivity index (χ0v) is 24.8. The van der Waals surface area contributed by atoms with Gasteiger partial charge in [0.25, 0.3) is 11.8 Å². The SMILES string of the molecule is CCCOc1ccc(CN2C(=O)NC(=O)/C(=C\c3cc(Cl)c(OCc4ccc(F)cc4)c(OCC)c3)C2=O)cc1OCC. The van der Waals surface area contributed by atoms with E-state index in [2.05, 4.69) is 5.32 Å². The number of carbonyl (C=O) groups excluding carboxylic acids is 3. The lowest BCUT2D eigenvalue weighted by molar-refractivity contribution is -0.130. The summed E-state index contributed by atoms with van der Waals surface area (Å²) in [5.41, 5.74) is 1.45. The van der Waals surface area contributed by atoms with E-state index in [1.807, 2.05) is 13.8 Å². The Kier molecular flexibility index (Phi) is 10.6. The van der Waals surface area contributed by atoms with Gasteiger partial charge in [0.05, 0.1) is 31.4 Å². The number of amides is 4. The van der Waals surface area contributed by atoms with Crippen molar-refractivity contribution in [2.75, 3.05) is 19.8 Å². The molecule has 1 N–H and O–H groups in total. The molecule has 0 atom stereocenters. The summed E-state index contributed by atoms with van der Waals surface area (Å²) >= 11 is 6.53. The summed E-state index contributed by atoms with van der Waals surface area (Å²) in [6, 6.07) is 13.2. The Bertz CT molecular complexity index is 1520. The molecule has 0 radical (unpaired) electrons. The van der Waals surface area contributed by atoms with E-state index in [4.69, 9.17) is 30.5 Å². The molecule has 1 aliphatic heterocycles. The van der Waals surface area contributed by atoms with Crippen LogP contribution in [-0.4, -0.2) is 42.6 Å². The quantitative estimate of drug-likeness (QED) is 0.179. The van der Waals surface area contributed by atoms with E-state index in [0.717, 1.165) is 16.9 Å². The van der Waals surface area contributed by atoms with E-state index < -0.39 is 17.8 Å². The van der Waals surface area contributed by atoms with E-state index >= 15 is 0 Å². The summed E-state index contributed by atoms with van der Waals surface area (Å²) in [7, 11) is 0. The van der Waals surface area contributed by atoms with Crippen LogP contribution in [0.15, 0.2) is 60.2 Å². The molecular weight excluding hydrogens is 579 g/mol. The van der Waals surface area contributed by atoms with Gasteiger partial charge in [-0.1, -0.05) is 36.7 Å². The first-order valence-electron chi connectivity index (χ1n) is 13.8. The number of nitrogens with zero attached hydrogens (tertiary/aromatic N) is 1. The van der Waals surface area contributed by atoms with Gasteiger partial charge in [-0.15, -0.1) is 0 Å². The zero-order chi connectivity index (χ0) is 30.9. The number of carbonyl (C=O) groups is 3. The molecule has 9 nitrogen and oxygen atoms in total. The van der Waals surface area contributed by atoms with Gasteiger partial charge < -0.3 is 18.9 Å². The van der Waals surface area contributed by atoms with Gasteiger partial charge in [0, 0.05) is 0 Å². The maximum Gasteiger partial charge on any atom is 0.331 e. The molecule has 0 spiro atoms. The molecule has 11 heteroatoms. The predicted molar refractivity (Wildman–Crippen MR) is 159 cm³/mol. The number of ether oxygens (including phenoxy) is 4. The van der Waals surface area contributed by atoms with Gasteiger partial charge in [-0.25, -0.2) is 9.18 Å². The van der Waals surface area contributed by atoms with Crippen molar-refractivity contribution in [1.82, 2.24) is 10.2 Å². The summed E-state index contributed by atoms with van der Waals surface area (Å²) in [6.45, 7) is 6.82. The van der Waals surface area contributed by atoms with Crippen LogP contribution in [0.3, 0.4) is 0 Å². The van der Waals surface area contributed by atoms with Gasteiger partial charge in [-0.05, 0) is 79.4 Å². The average Bonchev–Trinajstić information content (AvgIpc) is 2.98. The molecule has 0 bridgehead atoms. The molecule has 1 fully saturated rings. The van der Waals surface area contributed by atoms with E-state index in [-0.39, 0.29) is 47.7 Å². The number of barbiturate groups is 1. The van der Waals surface area contributed by atoms with Crippen molar-refractivity contribution >= 4 is 35.5 Å². The first kappa shape index (κ1) is 31.4. The van der Waals surface area contributed by atoms with Crippen LogP contribution in [0.4, 0.5) is 9.18 Å². The van der Waals surface area contributed by atoms with Crippen molar-refractivity contribution in [3.63, 3.8) is 0 Å². The van der Waals surface area contributed by atoms with Crippen LogP contribution in [0.2, 0.25) is 5.02 Å². The van der Waals surface area contributed by atoms with Crippen LogP contribution in [0.1, 0.15) is 43.9 Å². The Hall–Kier alpha value is -4.57. The van der Waals surface area contributed by atoms with E-state index in [1.165, 1.54) is 24.3 Å². The van der Waals surface area contributed by atoms with Crippen LogP contribution >= 0.6 is 11.6 Å². The predicted octanol–water partition coefficient (Wildman–Crippen LogP) is 6.31. The smallest absolute Gasteiger partial charge is 0.331 e. The Balaban J connectivity index is 1.58. The number of hydrogen-bond donors (Lipinski definition) is 1. The maximum atomic E-state index is 13.4. The fraction of sp³-hybridized carbons (Fsp3) is 0.281. The molecule has 43 heavy (non-hydrogen) atoms. The highest BCUT2D eigenvalue weighted by molar-refractivity contribution is 6.33. The van der Waals surface area contributed by atoms with E-state index in [0.29, 0.717) is 35.8 Å². The Morgan fingerprint density at radius 2 is 1.53 bits per heavy atom. The molecule has 4 rings (SSSR count). The number of halogens is 2. The summed E-state index contributed by atoms with van der Waals surface area (Å²) in [6.07, 6.45) is 2.16. The minimum Gasteiger partial charge on any atom is -0.490 e. The second-order valence-electron chi connectivity index (χ2n) is 9.45. The van der Waals surface area contributed by atoms with Crippen LogP contribution in [0.5, 0.6) is 23.0 Å². The normalized spacial score (nSPS) is 14.1. The molecule has 0 aromatic heterocycles. The van der Waals surface area contributed by atoms with Gasteiger partial charge in [0.1, 0.15) is 18.0 Å². The minimum absolute atomic E-state index is 0.106. The Morgan fingerprint density at radius 1 is 0.837 bits per heavy atom. The second kappa shape index (κ2) is 14.6. The second-order valence-corrected chi connectivity index (χ2v) is 9.86. The summed E-state index contributed by atoms with van der Waals surface area (Å²) in [5.74, 6) is -0.383. The van der Waals surface area contributed by atoms with Crippen molar-refractivity contribution in [2.45, 2.75) is 40.3 Å². The molecule has 3 aromatic carbocycles. The van der Waals surface area contributed by atoms with Crippen LogP contribution in [-0.2, 0) is 22.7 Å². The Morgan fingerprint density at radius 3 is 2.23 bits per heavy atom. The summed E-state index contributed by atoms with van der Waals surface area (Å²) in [5, 5.41) is 2.40. The average molecular weight is 611 g/mol. The molecule has 0 saturated carbocycles. The zero-order valence-electron chi connectivity index (χ0n) is 24.1. The third-order valence-electron chi connectivity index (χ3n) is 6.24. The summed E-state index contributed by atoms with van der Waals surface area (Å²) in [4.78, 5) is 39.8. The molecule has 1 aliphatic rings.